The zero-order chi connectivity index (χ0) is 14.2. The highest BCUT2D eigenvalue weighted by molar-refractivity contribution is 7.15. The molecule has 0 amide bonds. The van der Waals surface area contributed by atoms with Gasteiger partial charge in [0.2, 0.25) is 0 Å². The molecule has 0 saturated carbocycles. The largest absolute Gasteiger partial charge is 0.487 e. The molecular weight excluding hydrogens is 280 g/mol. The number of hydrogen-bond donors (Lipinski definition) is 1. The van der Waals surface area contributed by atoms with Crippen LogP contribution in [0.4, 0.5) is 0 Å². The van der Waals surface area contributed by atoms with Crippen molar-refractivity contribution in [2.75, 3.05) is 0 Å². The molecule has 0 unspecified atom stereocenters. The summed E-state index contributed by atoms with van der Waals surface area (Å²) in [6.45, 7) is 1.17. The van der Waals surface area contributed by atoms with E-state index in [1.54, 1.807) is 11.3 Å². The highest BCUT2D eigenvalue weighted by Crippen LogP contribution is 2.41. The smallest absolute Gasteiger partial charge is 0.129 e. The summed E-state index contributed by atoms with van der Waals surface area (Å²) in [5.41, 5.74) is 10.0. The Morgan fingerprint density at radius 3 is 2.71 bits per heavy atom. The van der Waals surface area contributed by atoms with Crippen molar-refractivity contribution in [3.8, 4) is 27.6 Å². The molecule has 2 aromatic carbocycles. The van der Waals surface area contributed by atoms with Crippen LogP contribution in [0.3, 0.4) is 0 Å². The third-order valence-electron chi connectivity index (χ3n) is 3.63. The minimum Gasteiger partial charge on any atom is -0.487 e. The van der Waals surface area contributed by atoms with Crippen LogP contribution in [0.2, 0.25) is 0 Å². The standard InChI is InChI=1S/C17H14N2OS/c18-9-11-5-7-12(8-6-11)17-19-16-13-3-1-2-4-14(13)20-10-15(16)21-17/h1-8H,9-10,18H2. The van der Waals surface area contributed by atoms with Crippen molar-refractivity contribution in [1.29, 1.82) is 0 Å². The molecule has 3 aromatic rings. The Kier molecular flexibility index (Phi) is 2.98. The van der Waals surface area contributed by atoms with E-state index < -0.39 is 0 Å². The molecule has 2 heterocycles. The van der Waals surface area contributed by atoms with Crippen molar-refractivity contribution >= 4 is 11.3 Å². The Bertz CT molecular complexity index is 793. The summed E-state index contributed by atoms with van der Waals surface area (Å²) >= 11 is 1.70. The molecule has 104 valence electrons. The molecule has 4 rings (SSSR count). The minimum absolute atomic E-state index is 0.565. The lowest BCUT2D eigenvalue weighted by Gasteiger charge is -2.15. The molecule has 0 fully saturated rings. The molecule has 3 nitrogen and oxygen atoms in total. The minimum atomic E-state index is 0.565. The Hall–Kier alpha value is -2.17. The Morgan fingerprint density at radius 1 is 1.10 bits per heavy atom. The lowest BCUT2D eigenvalue weighted by Crippen LogP contribution is -2.02. The highest BCUT2D eigenvalue weighted by Gasteiger charge is 2.21. The van der Waals surface area contributed by atoms with Gasteiger partial charge in [-0.3, -0.25) is 0 Å². The monoisotopic (exact) mass is 294 g/mol. The van der Waals surface area contributed by atoms with Crippen molar-refractivity contribution in [2.45, 2.75) is 13.2 Å². The number of ether oxygens (including phenoxy) is 1. The first-order valence-corrected chi connectivity index (χ1v) is 7.68. The van der Waals surface area contributed by atoms with Crippen molar-refractivity contribution in [2.24, 2.45) is 5.73 Å². The molecule has 1 aliphatic heterocycles. The molecule has 0 saturated heterocycles. The van der Waals surface area contributed by atoms with Crippen LogP contribution in [-0.4, -0.2) is 4.98 Å². The van der Waals surface area contributed by atoms with Gasteiger partial charge in [0.1, 0.15) is 17.4 Å². The van der Waals surface area contributed by atoms with E-state index in [1.807, 2.05) is 18.2 Å². The van der Waals surface area contributed by atoms with Crippen molar-refractivity contribution < 1.29 is 4.74 Å². The normalized spacial score (nSPS) is 12.4. The zero-order valence-electron chi connectivity index (χ0n) is 11.4. The van der Waals surface area contributed by atoms with Gasteiger partial charge in [-0.2, -0.15) is 0 Å². The van der Waals surface area contributed by atoms with Gasteiger partial charge in [-0.1, -0.05) is 36.4 Å². The average Bonchev–Trinajstić information content (AvgIpc) is 2.99. The van der Waals surface area contributed by atoms with E-state index in [4.69, 9.17) is 15.5 Å². The van der Waals surface area contributed by atoms with Gasteiger partial charge in [0.25, 0.3) is 0 Å². The molecule has 0 bridgehead atoms. The van der Waals surface area contributed by atoms with Crippen LogP contribution in [0.1, 0.15) is 10.4 Å². The molecular formula is C17H14N2OS. The number of benzene rings is 2. The van der Waals surface area contributed by atoms with Gasteiger partial charge in [0.05, 0.1) is 10.6 Å². The molecule has 1 aliphatic rings. The Balaban J connectivity index is 1.79. The predicted molar refractivity (Wildman–Crippen MR) is 85.2 cm³/mol. The van der Waals surface area contributed by atoms with Crippen molar-refractivity contribution in [3.63, 3.8) is 0 Å². The second-order valence-electron chi connectivity index (χ2n) is 4.98. The zero-order valence-corrected chi connectivity index (χ0v) is 12.2. The maximum Gasteiger partial charge on any atom is 0.129 e. The van der Waals surface area contributed by atoms with E-state index >= 15 is 0 Å². The molecule has 0 aliphatic carbocycles. The van der Waals surface area contributed by atoms with E-state index in [-0.39, 0.29) is 0 Å². The molecule has 4 heteroatoms. The van der Waals surface area contributed by atoms with E-state index in [0.29, 0.717) is 13.2 Å². The number of nitrogens with two attached hydrogens (primary N) is 1. The molecule has 0 atom stereocenters. The first kappa shape index (κ1) is 12.6. The van der Waals surface area contributed by atoms with E-state index in [2.05, 4.69) is 30.3 Å². The lowest BCUT2D eigenvalue weighted by molar-refractivity contribution is 0.305. The second-order valence-corrected chi connectivity index (χ2v) is 6.06. The van der Waals surface area contributed by atoms with Crippen LogP contribution in [0.5, 0.6) is 5.75 Å². The second kappa shape index (κ2) is 4.98. The summed E-state index contributed by atoms with van der Waals surface area (Å²) in [4.78, 5) is 6.01. The highest BCUT2D eigenvalue weighted by atomic mass is 32.1. The third-order valence-corrected chi connectivity index (χ3v) is 4.71. The molecule has 0 radical (unpaired) electrons. The lowest BCUT2D eigenvalue weighted by atomic mass is 10.1. The molecule has 1 aromatic heterocycles. The maximum absolute atomic E-state index is 5.79. The number of aromatic nitrogens is 1. The van der Waals surface area contributed by atoms with Crippen LogP contribution < -0.4 is 10.5 Å². The number of thiazole rings is 1. The van der Waals surface area contributed by atoms with Crippen LogP contribution in [0.25, 0.3) is 21.8 Å². The molecule has 0 spiro atoms. The predicted octanol–water partition coefficient (Wildman–Crippen LogP) is 3.83. The quantitative estimate of drug-likeness (QED) is 0.781. The van der Waals surface area contributed by atoms with E-state index in [9.17, 15) is 0 Å². The van der Waals surface area contributed by atoms with E-state index in [0.717, 1.165) is 33.1 Å². The topological polar surface area (TPSA) is 48.1 Å². The van der Waals surface area contributed by atoms with Gasteiger partial charge in [0.15, 0.2) is 0 Å². The van der Waals surface area contributed by atoms with Crippen LogP contribution >= 0.6 is 11.3 Å². The van der Waals surface area contributed by atoms with Gasteiger partial charge in [-0.25, -0.2) is 4.98 Å². The number of rotatable bonds is 2. The van der Waals surface area contributed by atoms with Gasteiger partial charge < -0.3 is 10.5 Å². The van der Waals surface area contributed by atoms with Crippen LogP contribution in [0, 0.1) is 0 Å². The first-order chi connectivity index (χ1) is 10.3. The average molecular weight is 294 g/mol. The van der Waals surface area contributed by atoms with Crippen LogP contribution in [-0.2, 0) is 13.2 Å². The number of fused-ring (bicyclic) bond motifs is 3. The Labute approximate surface area is 127 Å². The summed E-state index contributed by atoms with van der Waals surface area (Å²) in [6.07, 6.45) is 0. The van der Waals surface area contributed by atoms with Crippen molar-refractivity contribution in [3.05, 3.63) is 59.0 Å². The number of hydrogen-bond acceptors (Lipinski definition) is 4. The van der Waals surface area contributed by atoms with E-state index in [1.165, 1.54) is 4.88 Å². The Morgan fingerprint density at radius 2 is 1.90 bits per heavy atom. The fourth-order valence-electron chi connectivity index (χ4n) is 2.50. The maximum atomic E-state index is 5.79. The van der Waals surface area contributed by atoms with Crippen molar-refractivity contribution in [1.82, 2.24) is 4.98 Å². The SMILES string of the molecule is NCc1ccc(-c2nc3c(s2)COc2ccccc2-3)cc1. The van der Waals surface area contributed by atoms with Gasteiger partial charge in [0, 0.05) is 17.7 Å². The summed E-state index contributed by atoms with van der Waals surface area (Å²) in [7, 11) is 0. The third kappa shape index (κ3) is 2.13. The number of nitrogens with zero attached hydrogens (tertiary/aromatic N) is 1. The first-order valence-electron chi connectivity index (χ1n) is 6.86. The fourth-order valence-corrected chi connectivity index (χ4v) is 3.49. The molecule has 2 N–H and O–H groups in total. The summed E-state index contributed by atoms with van der Waals surface area (Å²) in [5, 5.41) is 1.03. The van der Waals surface area contributed by atoms with Crippen LogP contribution in [0.15, 0.2) is 48.5 Å². The number of para-hydroxylation sites is 1. The van der Waals surface area contributed by atoms with Gasteiger partial charge in [-0.15, -0.1) is 11.3 Å². The summed E-state index contributed by atoms with van der Waals surface area (Å²) in [6, 6.07) is 16.3. The summed E-state index contributed by atoms with van der Waals surface area (Å²) in [5.74, 6) is 0.917. The fraction of sp³-hybridized carbons (Fsp3) is 0.118. The van der Waals surface area contributed by atoms with Gasteiger partial charge in [-0.05, 0) is 17.7 Å². The van der Waals surface area contributed by atoms with Gasteiger partial charge >= 0.3 is 0 Å². The molecule has 21 heavy (non-hydrogen) atoms. The summed E-state index contributed by atoms with van der Waals surface area (Å²) < 4.78 is 5.79.